The van der Waals surface area contributed by atoms with Crippen LogP contribution in [-0.2, 0) is 0 Å². The molecule has 0 heterocycles. The molecule has 0 aliphatic rings. The van der Waals surface area contributed by atoms with Crippen LogP contribution in [0.1, 0.15) is 26.3 Å². The molecule has 0 N–H and O–H groups in total. The monoisotopic (exact) mass is 236 g/mol. The summed E-state index contributed by atoms with van der Waals surface area (Å²) in [5.74, 6) is -0.0729. The Kier molecular flexibility index (Phi) is 3.82. The van der Waals surface area contributed by atoms with E-state index in [9.17, 15) is 9.59 Å². The average molecular weight is 236 g/mol. The van der Waals surface area contributed by atoms with Gasteiger partial charge in [-0.15, -0.1) is 0 Å². The molecule has 0 amide bonds. The molecule has 2 heteroatoms. The maximum Gasteiger partial charge on any atom is 0.185 e. The van der Waals surface area contributed by atoms with E-state index in [-0.39, 0.29) is 5.78 Å². The quantitative estimate of drug-likeness (QED) is 0.463. The van der Waals surface area contributed by atoms with Crippen LogP contribution in [0.2, 0.25) is 0 Å². The molecule has 0 saturated heterocycles. The molecule has 0 aromatic heterocycles. The van der Waals surface area contributed by atoms with Crippen molar-refractivity contribution in [3.8, 4) is 0 Å². The molecule has 0 fully saturated rings. The van der Waals surface area contributed by atoms with Gasteiger partial charge < -0.3 is 0 Å². The molecule has 0 radical (unpaired) electrons. The van der Waals surface area contributed by atoms with Crippen LogP contribution in [0, 0.1) is 0 Å². The molecule has 18 heavy (non-hydrogen) atoms. The maximum atomic E-state index is 11.8. The summed E-state index contributed by atoms with van der Waals surface area (Å²) in [6.45, 7) is 0. The van der Waals surface area contributed by atoms with Crippen LogP contribution < -0.4 is 0 Å². The smallest absolute Gasteiger partial charge is 0.185 e. The highest BCUT2D eigenvalue weighted by atomic mass is 16.1. The van der Waals surface area contributed by atoms with Crippen molar-refractivity contribution in [1.82, 2.24) is 0 Å². The predicted molar refractivity (Wildman–Crippen MR) is 71.6 cm³/mol. The van der Waals surface area contributed by atoms with Crippen LogP contribution in [-0.4, -0.2) is 12.1 Å². The molecule has 0 unspecified atom stereocenters. The second-order valence-electron chi connectivity index (χ2n) is 3.81. The average Bonchev–Trinajstić information content (AvgIpc) is 2.46. The molecule has 2 aromatic rings. The molecule has 0 saturated carbocycles. The molecular formula is C16H12O2. The van der Waals surface area contributed by atoms with Crippen molar-refractivity contribution in [3.63, 3.8) is 0 Å². The Morgan fingerprint density at radius 3 is 2.11 bits per heavy atom. The predicted octanol–water partition coefficient (Wildman–Crippen LogP) is 3.40. The van der Waals surface area contributed by atoms with E-state index in [0.29, 0.717) is 11.1 Å². The second kappa shape index (κ2) is 5.73. The van der Waals surface area contributed by atoms with Gasteiger partial charge in [0, 0.05) is 11.1 Å². The van der Waals surface area contributed by atoms with E-state index >= 15 is 0 Å². The summed E-state index contributed by atoms with van der Waals surface area (Å²) >= 11 is 0. The third kappa shape index (κ3) is 2.80. The SMILES string of the molecule is O=Cc1ccccc1C=CC(=O)c1ccccc1. The van der Waals surface area contributed by atoms with Gasteiger partial charge in [-0.2, -0.15) is 0 Å². The summed E-state index contributed by atoms with van der Waals surface area (Å²) in [5, 5.41) is 0. The van der Waals surface area contributed by atoms with E-state index in [1.165, 1.54) is 6.08 Å². The third-order valence-electron chi connectivity index (χ3n) is 2.60. The van der Waals surface area contributed by atoms with Gasteiger partial charge >= 0.3 is 0 Å². The number of carbonyl (C=O) groups excluding carboxylic acids is 2. The van der Waals surface area contributed by atoms with Crippen LogP contribution in [0.25, 0.3) is 6.08 Å². The lowest BCUT2D eigenvalue weighted by Gasteiger charge is -1.97. The van der Waals surface area contributed by atoms with E-state index in [2.05, 4.69) is 0 Å². The molecule has 0 bridgehead atoms. The minimum Gasteiger partial charge on any atom is -0.298 e. The van der Waals surface area contributed by atoms with E-state index < -0.39 is 0 Å². The lowest BCUT2D eigenvalue weighted by Crippen LogP contribution is -1.93. The van der Waals surface area contributed by atoms with Gasteiger partial charge in [-0.25, -0.2) is 0 Å². The number of rotatable bonds is 4. The zero-order chi connectivity index (χ0) is 12.8. The number of allylic oxidation sites excluding steroid dienone is 1. The molecule has 0 atom stereocenters. The van der Waals surface area contributed by atoms with Crippen molar-refractivity contribution in [2.24, 2.45) is 0 Å². The molecule has 2 nitrogen and oxygen atoms in total. The first kappa shape index (κ1) is 12.0. The first-order valence-corrected chi connectivity index (χ1v) is 5.63. The first-order chi connectivity index (χ1) is 8.81. The Morgan fingerprint density at radius 1 is 0.833 bits per heavy atom. The van der Waals surface area contributed by atoms with Gasteiger partial charge in [-0.1, -0.05) is 60.7 Å². The van der Waals surface area contributed by atoms with Crippen molar-refractivity contribution in [2.75, 3.05) is 0 Å². The topological polar surface area (TPSA) is 34.1 Å². The fourth-order valence-corrected chi connectivity index (χ4v) is 1.63. The maximum absolute atomic E-state index is 11.8. The Balaban J connectivity index is 2.21. The van der Waals surface area contributed by atoms with Crippen LogP contribution in [0.4, 0.5) is 0 Å². The highest BCUT2D eigenvalue weighted by molar-refractivity contribution is 6.07. The molecular weight excluding hydrogens is 224 g/mol. The largest absolute Gasteiger partial charge is 0.298 e. The van der Waals surface area contributed by atoms with Crippen molar-refractivity contribution >= 4 is 18.1 Å². The Labute approximate surface area is 106 Å². The molecule has 2 aromatic carbocycles. The van der Waals surface area contributed by atoms with Gasteiger partial charge in [0.1, 0.15) is 0 Å². The van der Waals surface area contributed by atoms with Gasteiger partial charge in [-0.05, 0) is 11.6 Å². The van der Waals surface area contributed by atoms with Gasteiger partial charge in [0.15, 0.2) is 12.1 Å². The van der Waals surface area contributed by atoms with Crippen LogP contribution in [0.15, 0.2) is 60.7 Å². The fourth-order valence-electron chi connectivity index (χ4n) is 1.63. The molecule has 0 spiro atoms. The van der Waals surface area contributed by atoms with Crippen LogP contribution in [0.5, 0.6) is 0 Å². The number of hydrogen-bond acceptors (Lipinski definition) is 2. The summed E-state index contributed by atoms with van der Waals surface area (Å²) in [6.07, 6.45) is 3.93. The molecule has 0 aliphatic carbocycles. The summed E-state index contributed by atoms with van der Waals surface area (Å²) < 4.78 is 0. The van der Waals surface area contributed by atoms with E-state index in [1.807, 2.05) is 24.3 Å². The third-order valence-corrected chi connectivity index (χ3v) is 2.60. The summed E-state index contributed by atoms with van der Waals surface area (Å²) in [4.78, 5) is 22.7. The highest BCUT2D eigenvalue weighted by Gasteiger charge is 2.01. The van der Waals surface area contributed by atoms with Crippen LogP contribution in [0.3, 0.4) is 0 Å². The van der Waals surface area contributed by atoms with Gasteiger partial charge in [-0.3, -0.25) is 9.59 Å². The number of carbonyl (C=O) groups is 2. The van der Waals surface area contributed by atoms with Crippen molar-refractivity contribution in [1.29, 1.82) is 0 Å². The first-order valence-electron chi connectivity index (χ1n) is 5.63. The number of aldehydes is 1. The summed E-state index contributed by atoms with van der Waals surface area (Å²) in [7, 11) is 0. The van der Waals surface area contributed by atoms with Crippen molar-refractivity contribution in [3.05, 3.63) is 77.4 Å². The van der Waals surface area contributed by atoms with E-state index in [4.69, 9.17) is 0 Å². The van der Waals surface area contributed by atoms with Gasteiger partial charge in [0.05, 0.1) is 0 Å². The zero-order valence-electron chi connectivity index (χ0n) is 9.74. The molecule has 2 rings (SSSR count). The van der Waals surface area contributed by atoms with E-state index in [0.717, 1.165) is 11.8 Å². The highest BCUT2D eigenvalue weighted by Crippen LogP contribution is 2.09. The fraction of sp³-hybridized carbons (Fsp3) is 0. The standard InChI is InChI=1S/C16H12O2/c17-12-15-9-5-4-6-13(15)10-11-16(18)14-7-2-1-3-8-14/h1-12H. The van der Waals surface area contributed by atoms with Gasteiger partial charge in [0.2, 0.25) is 0 Å². The number of benzene rings is 2. The minimum absolute atomic E-state index is 0.0729. The molecule has 0 aliphatic heterocycles. The minimum atomic E-state index is -0.0729. The lowest BCUT2D eigenvalue weighted by atomic mass is 10.1. The lowest BCUT2D eigenvalue weighted by molar-refractivity contribution is 0.104. The number of ketones is 1. The Morgan fingerprint density at radius 2 is 1.44 bits per heavy atom. The summed E-state index contributed by atoms with van der Waals surface area (Å²) in [5.41, 5.74) is 1.96. The van der Waals surface area contributed by atoms with Crippen molar-refractivity contribution < 1.29 is 9.59 Å². The molecule has 88 valence electrons. The number of hydrogen-bond donors (Lipinski definition) is 0. The Bertz CT molecular complexity index is 583. The van der Waals surface area contributed by atoms with Crippen LogP contribution >= 0.6 is 0 Å². The summed E-state index contributed by atoms with van der Waals surface area (Å²) in [6, 6.07) is 16.2. The normalized spacial score (nSPS) is 10.4. The Hall–Kier alpha value is -2.48. The van der Waals surface area contributed by atoms with Crippen molar-refractivity contribution in [2.45, 2.75) is 0 Å². The van der Waals surface area contributed by atoms with E-state index in [1.54, 1.807) is 36.4 Å². The zero-order valence-corrected chi connectivity index (χ0v) is 9.74. The van der Waals surface area contributed by atoms with Gasteiger partial charge in [0.25, 0.3) is 0 Å². The second-order valence-corrected chi connectivity index (χ2v) is 3.81.